The second-order valence-corrected chi connectivity index (χ2v) is 7.94. The van der Waals surface area contributed by atoms with Gasteiger partial charge in [-0.15, -0.1) is 11.6 Å². The zero-order valence-corrected chi connectivity index (χ0v) is 14.3. The minimum absolute atomic E-state index is 0.0484. The summed E-state index contributed by atoms with van der Waals surface area (Å²) in [6.45, 7) is 3.33. The van der Waals surface area contributed by atoms with Gasteiger partial charge >= 0.3 is 0 Å². The lowest BCUT2D eigenvalue weighted by Gasteiger charge is -2.23. The minimum atomic E-state index is -3.83. The van der Waals surface area contributed by atoms with Crippen LogP contribution in [0.25, 0.3) is 0 Å². The van der Waals surface area contributed by atoms with Crippen molar-refractivity contribution in [1.82, 2.24) is 4.72 Å². The summed E-state index contributed by atoms with van der Waals surface area (Å²) in [4.78, 5) is -0.146. The number of rotatable bonds is 4. The molecule has 1 aromatic carbocycles. The first-order chi connectivity index (χ1) is 8.09. The molecule has 0 spiro atoms. The second-order valence-electron chi connectivity index (χ2n) is 4.32. The highest BCUT2D eigenvalue weighted by molar-refractivity contribution is 9.10. The summed E-state index contributed by atoms with van der Waals surface area (Å²) in [5.41, 5.74) is -0.792. The minimum Gasteiger partial charge on any atom is -0.207 e. The maximum atomic E-state index is 12.2. The fourth-order valence-corrected chi connectivity index (χ4v) is 4.72. The molecule has 0 aliphatic carbocycles. The Kier molecular flexibility index (Phi) is 5.38. The van der Waals surface area contributed by atoms with E-state index in [4.69, 9.17) is 34.8 Å². The normalized spacial score (nSPS) is 12.8. The molecule has 1 aromatic rings. The Balaban J connectivity index is 3.30. The first-order valence-corrected chi connectivity index (χ1v) is 8.40. The van der Waals surface area contributed by atoms with Crippen molar-refractivity contribution in [3.05, 3.63) is 26.7 Å². The Bertz CT molecular complexity index is 537. The van der Waals surface area contributed by atoms with Crippen LogP contribution in [0, 0.1) is 0 Å². The molecule has 18 heavy (non-hydrogen) atoms. The van der Waals surface area contributed by atoms with Gasteiger partial charge in [0.1, 0.15) is 4.90 Å². The monoisotopic (exact) mass is 393 g/mol. The zero-order valence-electron chi connectivity index (χ0n) is 9.60. The fraction of sp³-hybridized carbons (Fsp3) is 0.400. The average molecular weight is 396 g/mol. The molecule has 102 valence electrons. The molecule has 0 aliphatic heterocycles. The van der Waals surface area contributed by atoms with E-state index in [1.165, 1.54) is 12.1 Å². The topological polar surface area (TPSA) is 46.2 Å². The molecule has 0 heterocycles. The van der Waals surface area contributed by atoms with Crippen molar-refractivity contribution in [3.8, 4) is 0 Å². The number of alkyl halides is 1. The number of hydrogen-bond acceptors (Lipinski definition) is 2. The summed E-state index contributed by atoms with van der Waals surface area (Å²) in [5.74, 6) is 0.123. The van der Waals surface area contributed by atoms with E-state index in [1.54, 1.807) is 13.8 Å². The Hall–Kier alpha value is 0.480. The molecule has 0 radical (unpaired) electrons. The van der Waals surface area contributed by atoms with Crippen LogP contribution in [0.15, 0.2) is 21.5 Å². The summed E-state index contributed by atoms with van der Waals surface area (Å²) in [6.07, 6.45) is 0. The molecule has 0 aliphatic rings. The lowest BCUT2D eigenvalue weighted by atomic mass is 10.1. The lowest BCUT2D eigenvalue weighted by molar-refractivity contribution is 0.496. The molecule has 8 heteroatoms. The predicted octanol–water partition coefficient (Wildman–Crippen LogP) is 4.05. The van der Waals surface area contributed by atoms with Gasteiger partial charge in [0.05, 0.1) is 10.0 Å². The molecular formula is C10H11BrCl3NO2S. The van der Waals surface area contributed by atoms with Crippen molar-refractivity contribution in [1.29, 1.82) is 0 Å². The molecule has 0 saturated carbocycles. The molecule has 3 nitrogen and oxygen atoms in total. The summed E-state index contributed by atoms with van der Waals surface area (Å²) in [5, 5.41) is 0.0968. The molecule has 0 saturated heterocycles. The van der Waals surface area contributed by atoms with Crippen LogP contribution in [-0.4, -0.2) is 19.8 Å². The van der Waals surface area contributed by atoms with Crippen LogP contribution in [0.3, 0.4) is 0 Å². The average Bonchev–Trinajstić information content (AvgIpc) is 2.13. The van der Waals surface area contributed by atoms with Crippen molar-refractivity contribution < 1.29 is 8.42 Å². The molecule has 0 amide bonds. The Morgan fingerprint density at radius 1 is 1.28 bits per heavy atom. The smallest absolute Gasteiger partial charge is 0.207 e. The van der Waals surface area contributed by atoms with E-state index in [9.17, 15) is 8.42 Å². The maximum absolute atomic E-state index is 12.2. The number of benzene rings is 1. The molecule has 0 atom stereocenters. The van der Waals surface area contributed by atoms with E-state index in [1.807, 2.05) is 0 Å². The highest BCUT2D eigenvalue weighted by Crippen LogP contribution is 2.33. The van der Waals surface area contributed by atoms with Gasteiger partial charge < -0.3 is 0 Å². The van der Waals surface area contributed by atoms with Crippen LogP contribution >= 0.6 is 50.7 Å². The zero-order chi connectivity index (χ0) is 14.1. The second kappa shape index (κ2) is 5.85. The van der Waals surface area contributed by atoms with Crippen molar-refractivity contribution >= 4 is 60.8 Å². The quantitative estimate of drug-likeness (QED) is 0.782. The maximum Gasteiger partial charge on any atom is 0.244 e. The molecule has 0 fully saturated rings. The van der Waals surface area contributed by atoms with Crippen LogP contribution in [0.1, 0.15) is 13.8 Å². The van der Waals surface area contributed by atoms with Gasteiger partial charge in [-0.2, -0.15) is 0 Å². The van der Waals surface area contributed by atoms with Crippen molar-refractivity contribution in [2.45, 2.75) is 24.3 Å². The van der Waals surface area contributed by atoms with Crippen LogP contribution in [0.5, 0.6) is 0 Å². The van der Waals surface area contributed by atoms with Crippen LogP contribution in [-0.2, 0) is 10.0 Å². The molecule has 1 N–H and O–H groups in total. The Morgan fingerprint density at radius 2 is 1.72 bits per heavy atom. The predicted molar refractivity (Wildman–Crippen MR) is 79.3 cm³/mol. The number of hydrogen-bond donors (Lipinski definition) is 1. The number of nitrogens with one attached hydrogen (secondary N) is 1. The van der Waals surface area contributed by atoms with E-state index in [2.05, 4.69) is 20.7 Å². The fourth-order valence-electron chi connectivity index (χ4n) is 1.23. The first-order valence-electron chi connectivity index (χ1n) is 4.83. The third-order valence-electron chi connectivity index (χ3n) is 1.98. The Labute approximate surface area is 130 Å². The largest absolute Gasteiger partial charge is 0.244 e. The molecular weight excluding hydrogens is 384 g/mol. The van der Waals surface area contributed by atoms with E-state index < -0.39 is 15.6 Å². The standard InChI is InChI=1S/C10H11BrCl3NO2S/c1-10(2,5-12)15-18(16,17)9-7(13)3-6(11)4-8(9)14/h3-4,15H,5H2,1-2H3. The van der Waals surface area contributed by atoms with Gasteiger partial charge in [0.25, 0.3) is 0 Å². The highest BCUT2D eigenvalue weighted by atomic mass is 79.9. The third-order valence-corrected chi connectivity index (χ3v) is 5.72. The molecule has 1 rings (SSSR count). The van der Waals surface area contributed by atoms with Gasteiger partial charge in [-0.1, -0.05) is 39.1 Å². The first kappa shape index (κ1) is 16.5. The summed E-state index contributed by atoms with van der Waals surface area (Å²) in [6, 6.07) is 2.94. The van der Waals surface area contributed by atoms with Gasteiger partial charge in [-0.05, 0) is 26.0 Å². The molecule has 0 unspecified atom stereocenters. The van der Waals surface area contributed by atoms with Crippen LogP contribution in [0.4, 0.5) is 0 Å². The summed E-state index contributed by atoms with van der Waals surface area (Å²) < 4.78 is 27.5. The van der Waals surface area contributed by atoms with Crippen molar-refractivity contribution in [2.24, 2.45) is 0 Å². The van der Waals surface area contributed by atoms with Gasteiger partial charge in [0.2, 0.25) is 10.0 Å². The van der Waals surface area contributed by atoms with Crippen LogP contribution < -0.4 is 4.72 Å². The van der Waals surface area contributed by atoms with E-state index >= 15 is 0 Å². The van der Waals surface area contributed by atoms with E-state index in [-0.39, 0.29) is 20.8 Å². The Morgan fingerprint density at radius 3 is 2.11 bits per heavy atom. The lowest BCUT2D eigenvalue weighted by Crippen LogP contribution is -2.44. The SMILES string of the molecule is CC(C)(CCl)NS(=O)(=O)c1c(Cl)cc(Br)cc1Cl. The third kappa shape index (κ3) is 3.99. The van der Waals surface area contributed by atoms with Crippen LogP contribution in [0.2, 0.25) is 10.0 Å². The van der Waals surface area contributed by atoms with Gasteiger partial charge in [0, 0.05) is 15.9 Å². The van der Waals surface area contributed by atoms with Gasteiger partial charge in [-0.25, -0.2) is 13.1 Å². The number of halogens is 4. The van der Waals surface area contributed by atoms with E-state index in [0.717, 1.165) is 0 Å². The van der Waals surface area contributed by atoms with Crippen molar-refractivity contribution in [3.63, 3.8) is 0 Å². The van der Waals surface area contributed by atoms with Gasteiger partial charge in [0.15, 0.2) is 0 Å². The summed E-state index contributed by atoms with van der Waals surface area (Å²) in [7, 11) is -3.83. The molecule has 0 aromatic heterocycles. The van der Waals surface area contributed by atoms with E-state index in [0.29, 0.717) is 4.47 Å². The number of sulfonamides is 1. The van der Waals surface area contributed by atoms with Crippen molar-refractivity contribution in [2.75, 3.05) is 5.88 Å². The highest BCUT2D eigenvalue weighted by Gasteiger charge is 2.29. The molecule has 0 bridgehead atoms. The van der Waals surface area contributed by atoms with Gasteiger partial charge in [-0.3, -0.25) is 0 Å². The summed E-state index contributed by atoms with van der Waals surface area (Å²) >= 11 is 20.7.